The zero-order valence-electron chi connectivity index (χ0n) is 14.8. The first-order valence-corrected chi connectivity index (χ1v) is 8.72. The number of hydrogen-bond acceptors (Lipinski definition) is 7. The van der Waals surface area contributed by atoms with Crippen LogP contribution < -0.4 is 10.9 Å². The van der Waals surface area contributed by atoms with Crippen LogP contribution in [0.2, 0.25) is 0 Å². The number of rotatable bonds is 3. The highest BCUT2D eigenvalue weighted by atomic mass is 16.4. The minimum atomic E-state index is -0.710. The van der Waals surface area contributed by atoms with Crippen LogP contribution >= 0.6 is 0 Å². The summed E-state index contributed by atoms with van der Waals surface area (Å²) < 4.78 is 10.9. The second kappa shape index (κ2) is 6.68. The Kier molecular flexibility index (Phi) is 3.87. The van der Waals surface area contributed by atoms with Crippen molar-refractivity contribution in [2.24, 2.45) is 0 Å². The van der Waals surface area contributed by atoms with Gasteiger partial charge in [0.1, 0.15) is 5.52 Å². The molecule has 0 radical (unpaired) electrons. The number of hydrogen-bond donors (Lipinski definition) is 1. The Balaban J connectivity index is 1.51. The van der Waals surface area contributed by atoms with E-state index in [2.05, 4.69) is 20.5 Å². The summed E-state index contributed by atoms with van der Waals surface area (Å²) in [6, 6.07) is 19.6. The minimum Gasteiger partial charge on any atom is -0.419 e. The lowest BCUT2D eigenvalue weighted by atomic mass is 10.1. The molecule has 0 aliphatic heterocycles. The van der Waals surface area contributed by atoms with Gasteiger partial charge in [-0.25, -0.2) is 9.78 Å². The molecule has 0 aliphatic rings. The normalized spacial score (nSPS) is 11.0. The van der Waals surface area contributed by atoms with E-state index in [0.29, 0.717) is 16.7 Å². The molecular weight excluding hydrogens is 372 g/mol. The van der Waals surface area contributed by atoms with Gasteiger partial charge in [0, 0.05) is 10.9 Å². The summed E-state index contributed by atoms with van der Waals surface area (Å²) in [5.74, 6) is -0.553. The first kappa shape index (κ1) is 16.8. The van der Waals surface area contributed by atoms with Gasteiger partial charge in [-0.2, -0.15) is 0 Å². The van der Waals surface area contributed by atoms with Crippen molar-refractivity contribution in [3.8, 4) is 11.6 Å². The van der Waals surface area contributed by atoms with Crippen molar-refractivity contribution >= 4 is 33.8 Å². The topological polar surface area (TPSA) is 111 Å². The fraction of sp³-hybridized carbons (Fsp3) is 0. The van der Waals surface area contributed by atoms with Crippen LogP contribution in [0.25, 0.3) is 33.5 Å². The molecule has 0 aliphatic carbocycles. The number of nitrogens with one attached hydrogen (secondary N) is 1. The molecule has 8 heteroatoms. The van der Waals surface area contributed by atoms with Gasteiger partial charge in [-0.1, -0.05) is 53.6 Å². The highest BCUT2D eigenvalue weighted by Crippen LogP contribution is 2.25. The van der Waals surface area contributed by atoms with Gasteiger partial charge >= 0.3 is 11.6 Å². The molecule has 0 saturated heterocycles. The molecule has 1 N–H and O–H groups in total. The summed E-state index contributed by atoms with van der Waals surface area (Å²) in [4.78, 5) is 29.0. The molecule has 8 nitrogen and oxygen atoms in total. The van der Waals surface area contributed by atoms with Gasteiger partial charge in [-0.05, 0) is 23.6 Å². The summed E-state index contributed by atoms with van der Waals surface area (Å²) in [6.07, 6.45) is 0. The van der Waals surface area contributed by atoms with Crippen molar-refractivity contribution in [1.29, 1.82) is 0 Å². The third kappa shape index (κ3) is 3.02. The lowest BCUT2D eigenvalue weighted by molar-refractivity contribution is 0.102. The molecule has 140 valence electrons. The van der Waals surface area contributed by atoms with E-state index in [4.69, 9.17) is 8.83 Å². The fourth-order valence-corrected chi connectivity index (χ4v) is 3.00. The van der Waals surface area contributed by atoms with Gasteiger partial charge in [0.2, 0.25) is 5.69 Å². The van der Waals surface area contributed by atoms with Gasteiger partial charge in [-0.15, -0.1) is 5.10 Å². The zero-order valence-corrected chi connectivity index (χ0v) is 14.8. The zero-order chi connectivity index (χ0) is 19.8. The summed E-state index contributed by atoms with van der Waals surface area (Å²) in [6.45, 7) is 0. The molecule has 5 rings (SSSR count). The van der Waals surface area contributed by atoms with E-state index in [1.165, 1.54) is 0 Å². The van der Waals surface area contributed by atoms with Gasteiger partial charge < -0.3 is 8.83 Å². The summed E-state index contributed by atoms with van der Waals surface area (Å²) >= 11 is 0. The molecule has 0 saturated carbocycles. The third-order valence-corrected chi connectivity index (χ3v) is 4.36. The molecule has 3 aromatic carbocycles. The van der Waals surface area contributed by atoms with Crippen LogP contribution in [-0.2, 0) is 0 Å². The van der Waals surface area contributed by atoms with Crippen molar-refractivity contribution in [2.45, 2.75) is 0 Å². The van der Waals surface area contributed by atoms with E-state index in [9.17, 15) is 9.59 Å². The maximum absolute atomic E-state index is 12.5. The highest BCUT2D eigenvalue weighted by Gasteiger charge is 2.19. The number of benzene rings is 3. The maximum atomic E-state index is 12.5. The number of fused-ring (bicyclic) bond motifs is 3. The second-order valence-electron chi connectivity index (χ2n) is 6.22. The summed E-state index contributed by atoms with van der Waals surface area (Å²) in [5.41, 5.74) is 0.460. The fourth-order valence-electron chi connectivity index (χ4n) is 3.00. The number of anilines is 1. The van der Waals surface area contributed by atoms with Gasteiger partial charge in [0.05, 0.1) is 0 Å². The predicted molar refractivity (Wildman–Crippen MR) is 105 cm³/mol. The van der Waals surface area contributed by atoms with Crippen molar-refractivity contribution < 1.29 is 13.6 Å². The molecule has 1 amide bonds. The van der Waals surface area contributed by atoms with Crippen LogP contribution in [0.5, 0.6) is 0 Å². The van der Waals surface area contributed by atoms with Crippen molar-refractivity contribution in [3.05, 3.63) is 82.7 Å². The Bertz CT molecular complexity index is 1420. The Morgan fingerprint density at radius 2 is 1.66 bits per heavy atom. The molecular formula is C21H12N4O4. The SMILES string of the molecule is O=C(Nc1nnc(-c2nc3ccc4ccccc4c3oc2=O)o1)c1ccccc1. The number of nitrogens with zero attached hydrogens (tertiary/aromatic N) is 3. The van der Waals surface area contributed by atoms with Crippen molar-refractivity contribution in [1.82, 2.24) is 15.2 Å². The van der Waals surface area contributed by atoms with Crippen LogP contribution in [0.15, 0.2) is 80.4 Å². The molecule has 2 aromatic heterocycles. The van der Waals surface area contributed by atoms with Crippen molar-refractivity contribution in [3.63, 3.8) is 0 Å². The van der Waals surface area contributed by atoms with Gasteiger partial charge in [0.25, 0.3) is 11.8 Å². The lowest BCUT2D eigenvalue weighted by Crippen LogP contribution is -2.11. The maximum Gasteiger partial charge on any atom is 0.368 e. The Morgan fingerprint density at radius 1 is 0.862 bits per heavy atom. The number of aromatic nitrogens is 3. The number of amides is 1. The average Bonchev–Trinajstić information content (AvgIpc) is 3.22. The molecule has 0 atom stereocenters. The molecule has 5 aromatic rings. The third-order valence-electron chi connectivity index (χ3n) is 4.36. The Labute approximate surface area is 162 Å². The molecule has 0 spiro atoms. The molecule has 29 heavy (non-hydrogen) atoms. The molecule has 0 fully saturated rings. The Morgan fingerprint density at radius 3 is 2.52 bits per heavy atom. The van der Waals surface area contributed by atoms with E-state index >= 15 is 0 Å². The van der Waals surface area contributed by atoms with Gasteiger partial charge in [0.15, 0.2) is 5.58 Å². The second-order valence-corrected chi connectivity index (χ2v) is 6.22. The lowest BCUT2D eigenvalue weighted by Gasteiger charge is -2.02. The first-order chi connectivity index (χ1) is 14.2. The number of carbonyl (C=O) groups is 1. The van der Waals surface area contributed by atoms with Crippen LogP contribution in [0.1, 0.15) is 10.4 Å². The van der Waals surface area contributed by atoms with Crippen molar-refractivity contribution in [2.75, 3.05) is 5.32 Å². The van der Waals surface area contributed by atoms with E-state index in [1.807, 2.05) is 30.3 Å². The van der Waals surface area contributed by atoms with E-state index < -0.39 is 11.5 Å². The van der Waals surface area contributed by atoms with Crippen LogP contribution in [0.3, 0.4) is 0 Å². The standard InChI is InChI=1S/C21H12N4O4/c26-18(13-7-2-1-3-8-13)23-21-25-24-19(29-21)16-20(27)28-17-14-9-5-4-6-12(14)10-11-15(17)22-16/h1-11H,(H,23,25,26). The summed E-state index contributed by atoms with van der Waals surface area (Å²) in [5, 5.41) is 11.8. The molecule has 2 heterocycles. The number of carbonyl (C=O) groups excluding carboxylic acids is 1. The molecule has 0 unspecified atom stereocenters. The highest BCUT2D eigenvalue weighted by molar-refractivity contribution is 6.03. The van der Waals surface area contributed by atoms with E-state index in [1.54, 1.807) is 36.4 Å². The average molecular weight is 384 g/mol. The van der Waals surface area contributed by atoms with Crippen LogP contribution in [0, 0.1) is 0 Å². The largest absolute Gasteiger partial charge is 0.419 e. The van der Waals surface area contributed by atoms with Crippen LogP contribution in [-0.4, -0.2) is 21.1 Å². The molecule has 0 bridgehead atoms. The summed E-state index contributed by atoms with van der Waals surface area (Å²) in [7, 11) is 0. The van der Waals surface area contributed by atoms with Gasteiger partial charge in [-0.3, -0.25) is 10.1 Å². The predicted octanol–water partition coefficient (Wildman–Crippen LogP) is 3.64. The monoisotopic (exact) mass is 384 g/mol. The van der Waals surface area contributed by atoms with E-state index in [0.717, 1.165) is 10.8 Å². The Hall–Kier alpha value is -4.33. The minimum absolute atomic E-state index is 0.125. The first-order valence-electron chi connectivity index (χ1n) is 8.72. The quantitative estimate of drug-likeness (QED) is 0.473. The smallest absolute Gasteiger partial charge is 0.368 e. The van der Waals surface area contributed by atoms with Crippen LogP contribution in [0.4, 0.5) is 6.01 Å². The van der Waals surface area contributed by atoms with E-state index in [-0.39, 0.29) is 17.6 Å².